The van der Waals surface area contributed by atoms with Gasteiger partial charge in [0.15, 0.2) is 5.13 Å². The molecule has 2 heterocycles. The van der Waals surface area contributed by atoms with Gasteiger partial charge in [0.1, 0.15) is 12.1 Å². The zero-order chi connectivity index (χ0) is 19.6. The van der Waals surface area contributed by atoms with E-state index in [1.165, 1.54) is 17.7 Å². The first kappa shape index (κ1) is 18.7. The first-order valence-corrected chi connectivity index (χ1v) is 8.82. The average molecular weight is 389 g/mol. The molecular weight excluding hydrogens is 370 g/mol. The Morgan fingerprint density at radius 1 is 1.22 bits per heavy atom. The normalized spacial score (nSPS) is 11.4. The van der Waals surface area contributed by atoms with Crippen molar-refractivity contribution in [1.29, 1.82) is 0 Å². The predicted molar refractivity (Wildman–Crippen MR) is 105 cm³/mol. The number of thiazole rings is 1. The summed E-state index contributed by atoms with van der Waals surface area (Å²) in [5, 5.41) is 15.0. The van der Waals surface area contributed by atoms with E-state index in [9.17, 15) is 10.1 Å². The Morgan fingerprint density at radius 2 is 1.96 bits per heavy atom. The summed E-state index contributed by atoms with van der Waals surface area (Å²) < 4.78 is 6.09. The number of hydrazine groups is 1. The van der Waals surface area contributed by atoms with Crippen molar-refractivity contribution >= 4 is 44.0 Å². The number of nitrogens with zero attached hydrogens (tertiary/aromatic N) is 4. The fourth-order valence-corrected chi connectivity index (χ4v) is 3.06. The van der Waals surface area contributed by atoms with Gasteiger partial charge in [-0.1, -0.05) is 11.3 Å². The molecule has 3 rings (SSSR count). The molecule has 0 saturated heterocycles. The van der Waals surface area contributed by atoms with Crippen molar-refractivity contribution in [1.82, 2.24) is 20.4 Å². The van der Waals surface area contributed by atoms with Gasteiger partial charge in [0.05, 0.1) is 22.2 Å². The van der Waals surface area contributed by atoms with Crippen molar-refractivity contribution < 1.29 is 9.66 Å². The van der Waals surface area contributed by atoms with E-state index in [0.717, 1.165) is 10.2 Å². The largest absolute Gasteiger partial charge is 0.497 e. The quantitative estimate of drug-likeness (QED) is 0.429. The zero-order valence-corrected chi connectivity index (χ0v) is 16.0. The maximum Gasteiger partial charge on any atom is 0.354 e. The number of ether oxygens (including phenoxy) is 1. The molecule has 0 atom stereocenters. The van der Waals surface area contributed by atoms with Crippen LogP contribution in [0.5, 0.6) is 5.75 Å². The number of hydrogen-bond acceptors (Lipinski definition) is 10. The van der Waals surface area contributed by atoms with Gasteiger partial charge in [-0.05, 0) is 39.0 Å². The summed E-state index contributed by atoms with van der Waals surface area (Å²) in [6, 6.07) is 5.48. The highest BCUT2D eigenvalue weighted by Gasteiger charge is 2.25. The molecule has 0 aliphatic carbocycles. The number of methoxy groups -OCH3 is 1. The molecule has 11 heteroatoms. The number of rotatable bonds is 6. The number of nitrogens with one attached hydrogen (secondary N) is 3. The lowest BCUT2D eigenvalue weighted by molar-refractivity contribution is -0.383. The van der Waals surface area contributed by atoms with E-state index in [1.54, 1.807) is 13.2 Å². The molecule has 0 spiro atoms. The van der Waals surface area contributed by atoms with Gasteiger partial charge in [-0.3, -0.25) is 15.5 Å². The Bertz CT molecular complexity index is 984. The summed E-state index contributed by atoms with van der Waals surface area (Å²) in [5.74, 6) is 0.833. The number of anilines is 3. The van der Waals surface area contributed by atoms with Crippen LogP contribution in [0.4, 0.5) is 22.5 Å². The Labute approximate surface area is 159 Å². The second-order valence-electron chi connectivity index (χ2n) is 6.65. The maximum absolute atomic E-state index is 11.6. The molecule has 3 N–H and O–H groups in total. The predicted octanol–water partition coefficient (Wildman–Crippen LogP) is 3.46. The minimum absolute atomic E-state index is 0.0548. The summed E-state index contributed by atoms with van der Waals surface area (Å²) in [6.45, 7) is 5.75. The molecule has 3 aromatic rings. The van der Waals surface area contributed by atoms with Crippen LogP contribution in [0.1, 0.15) is 20.8 Å². The van der Waals surface area contributed by atoms with Gasteiger partial charge >= 0.3 is 5.69 Å². The molecule has 0 aliphatic heterocycles. The van der Waals surface area contributed by atoms with E-state index >= 15 is 0 Å². The molecule has 142 valence electrons. The Balaban J connectivity index is 1.93. The molecule has 0 unspecified atom stereocenters. The maximum atomic E-state index is 11.6. The lowest BCUT2D eigenvalue weighted by Gasteiger charge is -2.21. The van der Waals surface area contributed by atoms with Gasteiger partial charge in [-0.15, -0.1) is 0 Å². The lowest BCUT2D eigenvalue weighted by atomic mass is 10.1. The van der Waals surface area contributed by atoms with Crippen molar-refractivity contribution in [2.75, 3.05) is 17.9 Å². The molecular formula is C16H19N7O3S. The van der Waals surface area contributed by atoms with Crippen LogP contribution < -0.4 is 20.9 Å². The third-order valence-electron chi connectivity index (χ3n) is 3.38. The molecule has 27 heavy (non-hydrogen) atoms. The number of nitro groups is 1. The first-order valence-electron chi connectivity index (χ1n) is 8.01. The van der Waals surface area contributed by atoms with Gasteiger partial charge in [-0.25, -0.2) is 20.4 Å². The molecule has 0 bridgehead atoms. The van der Waals surface area contributed by atoms with Crippen molar-refractivity contribution in [3.8, 4) is 5.75 Å². The molecule has 0 fully saturated rings. The summed E-state index contributed by atoms with van der Waals surface area (Å²) in [4.78, 5) is 23.5. The fourth-order valence-electron chi connectivity index (χ4n) is 2.17. The Morgan fingerprint density at radius 3 is 2.63 bits per heavy atom. The third kappa shape index (κ3) is 4.38. The summed E-state index contributed by atoms with van der Waals surface area (Å²) in [6.07, 6.45) is 1.25. The van der Waals surface area contributed by atoms with Crippen LogP contribution in [0.15, 0.2) is 24.5 Å². The molecule has 0 radical (unpaired) electrons. The number of aromatic nitrogens is 3. The van der Waals surface area contributed by atoms with Crippen LogP contribution in [0, 0.1) is 10.1 Å². The second kappa shape index (κ2) is 7.29. The van der Waals surface area contributed by atoms with Crippen LogP contribution in [-0.4, -0.2) is 32.5 Å². The van der Waals surface area contributed by atoms with Crippen molar-refractivity contribution in [2.24, 2.45) is 0 Å². The SMILES string of the molecule is COc1ccc2nc(Nc3ncnc(NNC(C)(C)C)c3[N+](=O)[O-])sc2c1. The van der Waals surface area contributed by atoms with E-state index in [1.807, 2.05) is 32.9 Å². The smallest absolute Gasteiger partial charge is 0.354 e. The summed E-state index contributed by atoms with van der Waals surface area (Å²) in [5.41, 5.74) is 5.92. The summed E-state index contributed by atoms with van der Waals surface area (Å²) in [7, 11) is 1.59. The molecule has 10 nitrogen and oxygen atoms in total. The highest BCUT2D eigenvalue weighted by molar-refractivity contribution is 7.22. The van der Waals surface area contributed by atoms with Gasteiger partial charge in [-0.2, -0.15) is 0 Å². The van der Waals surface area contributed by atoms with Gasteiger partial charge < -0.3 is 10.1 Å². The van der Waals surface area contributed by atoms with Crippen LogP contribution in [0.2, 0.25) is 0 Å². The lowest BCUT2D eigenvalue weighted by Crippen LogP contribution is -2.40. The zero-order valence-electron chi connectivity index (χ0n) is 15.2. The number of hydrogen-bond donors (Lipinski definition) is 3. The van der Waals surface area contributed by atoms with Crippen LogP contribution >= 0.6 is 11.3 Å². The van der Waals surface area contributed by atoms with Crippen LogP contribution in [-0.2, 0) is 0 Å². The molecule has 0 saturated carbocycles. The van der Waals surface area contributed by atoms with Crippen LogP contribution in [0.3, 0.4) is 0 Å². The molecule has 0 amide bonds. The molecule has 2 aromatic heterocycles. The minimum Gasteiger partial charge on any atom is -0.497 e. The highest BCUT2D eigenvalue weighted by atomic mass is 32.1. The van der Waals surface area contributed by atoms with E-state index in [2.05, 4.69) is 31.1 Å². The standard InChI is InChI=1S/C16H19N7O3S/c1-16(2,3)22-21-14-12(23(24)25)13(17-8-18-14)20-15-19-10-6-5-9(26-4)7-11(10)27-15/h5-8,22H,1-4H3,(H2,17,18,19,20,21). The van der Waals surface area contributed by atoms with E-state index in [4.69, 9.17) is 4.74 Å². The number of benzene rings is 1. The minimum atomic E-state index is -0.536. The highest BCUT2D eigenvalue weighted by Crippen LogP contribution is 2.34. The first-order chi connectivity index (χ1) is 12.8. The van der Waals surface area contributed by atoms with Crippen molar-refractivity contribution in [3.63, 3.8) is 0 Å². The van der Waals surface area contributed by atoms with Crippen LogP contribution in [0.25, 0.3) is 10.2 Å². The van der Waals surface area contributed by atoms with E-state index < -0.39 is 4.92 Å². The topological polar surface area (TPSA) is 127 Å². The Hall–Kier alpha value is -3.05. The van der Waals surface area contributed by atoms with Crippen molar-refractivity contribution in [2.45, 2.75) is 26.3 Å². The Kier molecular flexibility index (Phi) is 5.06. The van der Waals surface area contributed by atoms with Gasteiger partial charge in [0.25, 0.3) is 0 Å². The van der Waals surface area contributed by atoms with E-state index in [0.29, 0.717) is 10.9 Å². The van der Waals surface area contributed by atoms with Crippen molar-refractivity contribution in [3.05, 3.63) is 34.6 Å². The fraction of sp³-hybridized carbons (Fsp3) is 0.312. The van der Waals surface area contributed by atoms with E-state index in [-0.39, 0.29) is 22.9 Å². The van der Waals surface area contributed by atoms with Gasteiger partial charge in [0, 0.05) is 5.54 Å². The molecule has 1 aromatic carbocycles. The number of fused-ring (bicyclic) bond motifs is 1. The average Bonchev–Trinajstić information content (AvgIpc) is 3.00. The summed E-state index contributed by atoms with van der Waals surface area (Å²) >= 11 is 1.34. The molecule has 0 aliphatic rings. The van der Waals surface area contributed by atoms with Gasteiger partial charge in [0.2, 0.25) is 11.6 Å². The monoisotopic (exact) mass is 389 g/mol. The second-order valence-corrected chi connectivity index (χ2v) is 7.68. The third-order valence-corrected chi connectivity index (χ3v) is 4.32.